The Morgan fingerprint density at radius 2 is 2.40 bits per heavy atom. The van der Waals surface area contributed by atoms with Gasteiger partial charge in [-0.15, -0.1) is 10.2 Å². The number of anilines is 1. The van der Waals surface area contributed by atoms with Crippen molar-refractivity contribution >= 4 is 22.5 Å². The molecule has 2 aromatic rings. The Hall–Kier alpha value is -1.96. The fourth-order valence-electron chi connectivity index (χ4n) is 1.89. The number of urea groups is 1. The molecule has 1 aliphatic carbocycles. The van der Waals surface area contributed by atoms with Gasteiger partial charge < -0.3 is 9.88 Å². The lowest BCUT2D eigenvalue weighted by Crippen LogP contribution is -2.38. The smallest absolute Gasteiger partial charge is 0.321 e. The number of hydrogen-bond donors (Lipinski definition) is 2. The summed E-state index contributed by atoms with van der Waals surface area (Å²) in [5.41, 5.74) is 0. The number of hydrogen-bond acceptors (Lipinski definition) is 5. The van der Waals surface area contributed by atoms with Crippen LogP contribution in [0.1, 0.15) is 30.7 Å². The van der Waals surface area contributed by atoms with E-state index in [1.807, 2.05) is 17.7 Å². The first-order valence-corrected chi connectivity index (χ1v) is 7.39. The van der Waals surface area contributed by atoms with Crippen molar-refractivity contribution in [1.29, 1.82) is 0 Å². The first-order valence-electron chi connectivity index (χ1n) is 6.57. The van der Waals surface area contributed by atoms with Crippen LogP contribution in [0.3, 0.4) is 0 Å². The van der Waals surface area contributed by atoms with Crippen molar-refractivity contribution in [3.63, 3.8) is 0 Å². The summed E-state index contributed by atoms with van der Waals surface area (Å²) >= 11 is 1.45. The summed E-state index contributed by atoms with van der Waals surface area (Å²) in [5, 5.41) is 15.2. The Bertz CT molecular complexity index is 577. The Labute approximate surface area is 120 Å². The number of nitrogens with one attached hydrogen (secondary N) is 2. The SMILES string of the molecule is C[C@H](Cn1ccnc1)NC(=O)Nc1nnc(C2CC2)s1. The lowest BCUT2D eigenvalue weighted by Gasteiger charge is -2.14. The third-order valence-corrected chi connectivity index (χ3v) is 4.01. The minimum Gasteiger partial charge on any atom is -0.335 e. The van der Waals surface area contributed by atoms with Gasteiger partial charge in [-0.3, -0.25) is 5.32 Å². The fraction of sp³-hybridized carbons (Fsp3) is 0.500. The van der Waals surface area contributed by atoms with Crippen molar-refractivity contribution in [2.45, 2.75) is 38.3 Å². The molecule has 106 valence electrons. The normalized spacial score (nSPS) is 15.8. The van der Waals surface area contributed by atoms with E-state index in [0.29, 0.717) is 17.6 Å². The molecule has 0 aromatic carbocycles. The number of imidazole rings is 1. The number of carbonyl (C=O) groups is 1. The predicted octanol–water partition coefficient (Wildman–Crippen LogP) is 1.82. The molecule has 0 unspecified atom stereocenters. The highest BCUT2D eigenvalue weighted by atomic mass is 32.1. The molecule has 1 aliphatic rings. The van der Waals surface area contributed by atoms with E-state index in [0.717, 1.165) is 5.01 Å². The summed E-state index contributed by atoms with van der Waals surface area (Å²) in [6, 6.07) is -0.254. The average Bonchev–Trinajstić information content (AvgIpc) is 2.93. The minimum absolute atomic E-state index is 0.0000222. The van der Waals surface area contributed by atoms with Gasteiger partial charge in [-0.2, -0.15) is 0 Å². The summed E-state index contributed by atoms with van der Waals surface area (Å²) < 4.78 is 1.92. The van der Waals surface area contributed by atoms with Gasteiger partial charge in [0.2, 0.25) is 5.13 Å². The Balaban J connectivity index is 1.48. The van der Waals surface area contributed by atoms with Crippen LogP contribution in [0.25, 0.3) is 0 Å². The Morgan fingerprint density at radius 3 is 3.10 bits per heavy atom. The average molecular weight is 292 g/mol. The molecule has 8 heteroatoms. The van der Waals surface area contributed by atoms with Gasteiger partial charge in [-0.25, -0.2) is 9.78 Å². The number of amides is 2. The van der Waals surface area contributed by atoms with E-state index in [1.54, 1.807) is 12.5 Å². The van der Waals surface area contributed by atoms with Crippen LogP contribution in [0.4, 0.5) is 9.93 Å². The van der Waals surface area contributed by atoms with Gasteiger partial charge in [-0.05, 0) is 19.8 Å². The zero-order chi connectivity index (χ0) is 13.9. The van der Waals surface area contributed by atoms with Gasteiger partial charge in [-0.1, -0.05) is 11.3 Å². The number of nitrogens with zero attached hydrogens (tertiary/aromatic N) is 4. The summed E-state index contributed by atoms with van der Waals surface area (Å²) in [4.78, 5) is 15.8. The van der Waals surface area contributed by atoms with E-state index in [1.165, 1.54) is 24.2 Å². The van der Waals surface area contributed by atoms with E-state index in [-0.39, 0.29) is 12.1 Å². The van der Waals surface area contributed by atoms with Crippen LogP contribution in [0, 0.1) is 0 Å². The third kappa shape index (κ3) is 3.32. The summed E-state index contributed by atoms with van der Waals surface area (Å²) in [7, 11) is 0. The minimum atomic E-state index is -0.254. The van der Waals surface area contributed by atoms with Crippen molar-refractivity contribution in [2.75, 3.05) is 5.32 Å². The fourth-order valence-corrected chi connectivity index (χ4v) is 2.80. The highest BCUT2D eigenvalue weighted by molar-refractivity contribution is 7.15. The third-order valence-electron chi connectivity index (χ3n) is 3.01. The number of rotatable bonds is 5. The highest BCUT2D eigenvalue weighted by Crippen LogP contribution is 2.41. The molecule has 0 aliphatic heterocycles. The largest absolute Gasteiger partial charge is 0.335 e. The van der Waals surface area contributed by atoms with E-state index < -0.39 is 0 Å². The summed E-state index contributed by atoms with van der Waals surface area (Å²) in [6.45, 7) is 2.62. The van der Waals surface area contributed by atoms with Gasteiger partial charge >= 0.3 is 6.03 Å². The standard InChI is InChI=1S/C12H16N6OS/c1-8(6-18-5-4-13-7-18)14-11(19)15-12-17-16-10(20-12)9-2-3-9/h4-5,7-9H,2-3,6H2,1H3,(H2,14,15,17,19)/t8-/m1/s1. The molecule has 2 N–H and O–H groups in total. The second-order valence-electron chi connectivity index (χ2n) is 4.98. The molecular weight excluding hydrogens is 276 g/mol. The van der Waals surface area contributed by atoms with Gasteiger partial charge in [0, 0.05) is 30.9 Å². The molecule has 0 saturated heterocycles. The highest BCUT2D eigenvalue weighted by Gasteiger charge is 2.27. The molecule has 1 fully saturated rings. The molecule has 0 bridgehead atoms. The number of aromatic nitrogens is 4. The molecule has 0 spiro atoms. The van der Waals surface area contributed by atoms with Crippen LogP contribution in [0.2, 0.25) is 0 Å². The molecule has 2 heterocycles. The lowest BCUT2D eigenvalue weighted by atomic mass is 10.3. The van der Waals surface area contributed by atoms with E-state index in [4.69, 9.17) is 0 Å². The van der Waals surface area contributed by atoms with Gasteiger partial charge in [0.15, 0.2) is 0 Å². The number of carbonyl (C=O) groups excluding carboxylic acids is 1. The van der Waals surface area contributed by atoms with E-state index in [2.05, 4.69) is 25.8 Å². The lowest BCUT2D eigenvalue weighted by molar-refractivity contribution is 0.248. The van der Waals surface area contributed by atoms with Gasteiger partial charge in [0.05, 0.1) is 6.33 Å². The van der Waals surface area contributed by atoms with Crippen LogP contribution in [-0.4, -0.2) is 31.8 Å². The molecule has 2 aromatic heterocycles. The zero-order valence-electron chi connectivity index (χ0n) is 11.1. The van der Waals surface area contributed by atoms with E-state index >= 15 is 0 Å². The maximum absolute atomic E-state index is 11.8. The summed E-state index contributed by atoms with van der Waals surface area (Å²) in [6.07, 6.45) is 7.67. The maximum atomic E-state index is 11.8. The van der Waals surface area contributed by atoms with Crippen LogP contribution >= 0.6 is 11.3 Å². The molecule has 7 nitrogen and oxygen atoms in total. The van der Waals surface area contributed by atoms with Crippen LogP contribution in [0.5, 0.6) is 0 Å². The molecule has 1 atom stereocenters. The van der Waals surface area contributed by atoms with Crippen molar-refractivity contribution in [1.82, 2.24) is 25.1 Å². The molecule has 3 rings (SSSR count). The summed E-state index contributed by atoms with van der Waals surface area (Å²) in [5.74, 6) is 0.561. The quantitative estimate of drug-likeness (QED) is 0.880. The predicted molar refractivity (Wildman–Crippen MR) is 75.7 cm³/mol. The van der Waals surface area contributed by atoms with E-state index in [9.17, 15) is 4.79 Å². The molecule has 2 amide bonds. The molecule has 0 radical (unpaired) electrons. The molecule has 20 heavy (non-hydrogen) atoms. The van der Waals surface area contributed by atoms with Crippen LogP contribution in [-0.2, 0) is 6.54 Å². The topological polar surface area (TPSA) is 84.7 Å². The first-order chi connectivity index (χ1) is 9.70. The second kappa shape index (κ2) is 5.58. The van der Waals surface area contributed by atoms with Gasteiger partial charge in [0.1, 0.15) is 5.01 Å². The van der Waals surface area contributed by atoms with Crippen molar-refractivity contribution < 1.29 is 4.79 Å². The molecule has 1 saturated carbocycles. The van der Waals surface area contributed by atoms with Crippen molar-refractivity contribution in [2.24, 2.45) is 0 Å². The maximum Gasteiger partial charge on any atom is 0.321 e. The molecular formula is C12H16N6OS. The van der Waals surface area contributed by atoms with Crippen LogP contribution in [0.15, 0.2) is 18.7 Å². The van der Waals surface area contributed by atoms with Crippen molar-refractivity contribution in [3.8, 4) is 0 Å². The van der Waals surface area contributed by atoms with Crippen LogP contribution < -0.4 is 10.6 Å². The second-order valence-corrected chi connectivity index (χ2v) is 5.99. The first kappa shape index (κ1) is 13.0. The van der Waals surface area contributed by atoms with Crippen molar-refractivity contribution in [3.05, 3.63) is 23.7 Å². The Morgan fingerprint density at radius 1 is 1.55 bits per heavy atom. The Kier molecular flexibility index (Phi) is 3.64. The van der Waals surface area contributed by atoms with Gasteiger partial charge in [0.25, 0.3) is 0 Å². The zero-order valence-corrected chi connectivity index (χ0v) is 11.9. The monoisotopic (exact) mass is 292 g/mol.